The van der Waals surface area contributed by atoms with Gasteiger partial charge in [-0.2, -0.15) is 0 Å². The van der Waals surface area contributed by atoms with Crippen LogP contribution in [0.5, 0.6) is 0 Å². The van der Waals surface area contributed by atoms with Gasteiger partial charge in [0.1, 0.15) is 16.2 Å². The van der Waals surface area contributed by atoms with Crippen LogP contribution in [0.15, 0.2) is 6.33 Å². The average Bonchev–Trinajstić information content (AvgIpc) is 2.27. The molecule has 1 fully saturated rings. The Bertz CT molecular complexity index is 504. The van der Waals surface area contributed by atoms with Crippen molar-refractivity contribution in [1.29, 1.82) is 0 Å². The third-order valence-electron chi connectivity index (χ3n) is 2.86. The lowest BCUT2D eigenvalue weighted by atomic mass is 10.1. The monoisotopic (exact) mass is 259 g/mol. The Labute approximate surface area is 99.4 Å². The second-order valence-corrected chi connectivity index (χ2v) is 6.50. The van der Waals surface area contributed by atoms with Crippen molar-refractivity contribution < 1.29 is 12.8 Å². The average molecular weight is 259 g/mol. The second kappa shape index (κ2) is 4.56. The molecule has 1 aliphatic rings. The molecule has 0 atom stereocenters. The molecule has 0 unspecified atom stereocenters. The minimum atomic E-state index is -2.89. The van der Waals surface area contributed by atoms with E-state index in [0.717, 1.165) is 0 Å². The van der Waals surface area contributed by atoms with Gasteiger partial charge in [0.25, 0.3) is 0 Å². The lowest BCUT2D eigenvalue weighted by Crippen LogP contribution is -2.32. The van der Waals surface area contributed by atoms with Gasteiger partial charge in [0.2, 0.25) is 0 Å². The maximum atomic E-state index is 13.6. The maximum absolute atomic E-state index is 13.6. The molecule has 2 rings (SSSR count). The molecule has 1 saturated heterocycles. The number of rotatable bonds is 2. The third kappa shape index (κ3) is 2.91. The van der Waals surface area contributed by atoms with Gasteiger partial charge in [-0.3, -0.25) is 0 Å². The summed E-state index contributed by atoms with van der Waals surface area (Å²) in [5.41, 5.74) is 0.283. The van der Waals surface area contributed by atoms with E-state index in [1.165, 1.54) is 6.33 Å². The summed E-state index contributed by atoms with van der Waals surface area (Å²) in [6.07, 6.45) is 2.27. The summed E-state index contributed by atoms with van der Waals surface area (Å²) >= 11 is 0. The number of sulfone groups is 1. The molecule has 0 amide bonds. The Morgan fingerprint density at radius 3 is 2.65 bits per heavy atom. The van der Waals surface area contributed by atoms with E-state index in [4.69, 9.17) is 0 Å². The zero-order valence-corrected chi connectivity index (χ0v) is 10.3. The number of nitrogens with one attached hydrogen (secondary N) is 1. The van der Waals surface area contributed by atoms with Crippen molar-refractivity contribution in [2.24, 2.45) is 0 Å². The van der Waals surface area contributed by atoms with Gasteiger partial charge in [-0.15, -0.1) is 0 Å². The molecule has 1 aromatic rings. The van der Waals surface area contributed by atoms with E-state index >= 15 is 0 Å². The van der Waals surface area contributed by atoms with Crippen molar-refractivity contribution in [3.63, 3.8) is 0 Å². The van der Waals surface area contributed by atoms with Crippen molar-refractivity contribution in [2.45, 2.75) is 25.8 Å². The topological polar surface area (TPSA) is 72.0 Å². The largest absolute Gasteiger partial charge is 0.365 e. The summed E-state index contributed by atoms with van der Waals surface area (Å²) in [6.45, 7) is 1.56. The van der Waals surface area contributed by atoms with Crippen LogP contribution in [0.1, 0.15) is 18.5 Å². The smallest absolute Gasteiger partial charge is 0.186 e. The Morgan fingerprint density at radius 1 is 1.35 bits per heavy atom. The van der Waals surface area contributed by atoms with Crippen LogP contribution < -0.4 is 5.32 Å². The number of hydrogen-bond donors (Lipinski definition) is 1. The fourth-order valence-corrected chi connectivity index (χ4v) is 3.28. The molecule has 5 nitrogen and oxygen atoms in total. The highest BCUT2D eigenvalue weighted by atomic mass is 32.2. The predicted octanol–water partition coefficient (Wildman–Crippen LogP) is 0.913. The first-order valence-electron chi connectivity index (χ1n) is 5.42. The number of aromatic nitrogens is 2. The van der Waals surface area contributed by atoms with E-state index in [-0.39, 0.29) is 29.1 Å². The molecule has 1 aliphatic heterocycles. The molecule has 0 saturated carbocycles. The zero-order chi connectivity index (χ0) is 12.5. The highest BCUT2D eigenvalue weighted by Crippen LogP contribution is 2.19. The molecule has 17 heavy (non-hydrogen) atoms. The van der Waals surface area contributed by atoms with Gasteiger partial charge in [-0.05, 0) is 19.8 Å². The number of hydrogen-bond acceptors (Lipinski definition) is 5. The van der Waals surface area contributed by atoms with Gasteiger partial charge in [0.15, 0.2) is 11.6 Å². The van der Waals surface area contributed by atoms with Crippen molar-refractivity contribution in [3.8, 4) is 0 Å². The van der Waals surface area contributed by atoms with Crippen LogP contribution in [0.25, 0.3) is 0 Å². The van der Waals surface area contributed by atoms with E-state index in [1.54, 1.807) is 6.92 Å². The Balaban J connectivity index is 2.05. The van der Waals surface area contributed by atoms with Gasteiger partial charge in [-0.25, -0.2) is 22.8 Å². The lowest BCUT2D eigenvalue weighted by Gasteiger charge is -2.23. The molecule has 0 aliphatic carbocycles. The first-order valence-corrected chi connectivity index (χ1v) is 7.24. The van der Waals surface area contributed by atoms with Crippen LogP contribution in [0, 0.1) is 12.7 Å². The molecule has 1 aromatic heterocycles. The lowest BCUT2D eigenvalue weighted by molar-refractivity contribution is 0.553. The molecule has 0 spiro atoms. The first kappa shape index (κ1) is 12.2. The predicted molar refractivity (Wildman–Crippen MR) is 62.0 cm³/mol. The van der Waals surface area contributed by atoms with E-state index in [2.05, 4.69) is 15.3 Å². The van der Waals surface area contributed by atoms with Gasteiger partial charge in [0, 0.05) is 6.04 Å². The van der Waals surface area contributed by atoms with Crippen LogP contribution in [0.4, 0.5) is 10.2 Å². The van der Waals surface area contributed by atoms with Crippen LogP contribution in [0.3, 0.4) is 0 Å². The summed E-state index contributed by atoms with van der Waals surface area (Å²) in [4.78, 5) is 7.56. The van der Waals surface area contributed by atoms with Gasteiger partial charge in [0.05, 0.1) is 17.2 Å². The van der Waals surface area contributed by atoms with E-state index in [1.807, 2.05) is 0 Å². The van der Waals surface area contributed by atoms with E-state index < -0.39 is 15.7 Å². The van der Waals surface area contributed by atoms with Crippen molar-refractivity contribution in [3.05, 3.63) is 17.8 Å². The molecule has 2 heterocycles. The Hall–Kier alpha value is -1.24. The van der Waals surface area contributed by atoms with E-state index in [9.17, 15) is 12.8 Å². The number of aryl methyl sites for hydroxylation is 1. The SMILES string of the molecule is Cc1ncnc(NC2CCS(=O)(=O)CC2)c1F. The minimum absolute atomic E-state index is 0.0395. The van der Waals surface area contributed by atoms with Crippen molar-refractivity contribution >= 4 is 15.7 Å². The summed E-state index contributed by atoms with van der Waals surface area (Å²) in [7, 11) is -2.89. The molecule has 1 N–H and O–H groups in total. The van der Waals surface area contributed by atoms with Gasteiger partial charge in [-0.1, -0.05) is 0 Å². The maximum Gasteiger partial charge on any atom is 0.186 e. The highest BCUT2D eigenvalue weighted by Gasteiger charge is 2.24. The second-order valence-electron chi connectivity index (χ2n) is 4.19. The highest BCUT2D eigenvalue weighted by molar-refractivity contribution is 7.91. The van der Waals surface area contributed by atoms with Crippen LogP contribution in [-0.4, -0.2) is 35.9 Å². The Morgan fingerprint density at radius 2 is 2.00 bits per heavy atom. The Kier molecular flexibility index (Phi) is 3.28. The fraction of sp³-hybridized carbons (Fsp3) is 0.600. The summed E-state index contributed by atoms with van der Waals surface area (Å²) < 4.78 is 36.1. The minimum Gasteiger partial charge on any atom is -0.365 e. The number of nitrogens with zero attached hydrogens (tertiary/aromatic N) is 2. The zero-order valence-electron chi connectivity index (χ0n) is 9.48. The molecule has 0 radical (unpaired) electrons. The molecular weight excluding hydrogens is 245 g/mol. The fourth-order valence-electron chi connectivity index (χ4n) is 1.79. The molecule has 0 bridgehead atoms. The summed E-state index contributed by atoms with van der Waals surface area (Å²) in [6, 6.07) is -0.0395. The van der Waals surface area contributed by atoms with Crippen LogP contribution in [0.2, 0.25) is 0 Å². The van der Waals surface area contributed by atoms with Crippen molar-refractivity contribution in [1.82, 2.24) is 9.97 Å². The van der Waals surface area contributed by atoms with Gasteiger partial charge >= 0.3 is 0 Å². The normalized spacial score (nSPS) is 20.1. The molecule has 7 heteroatoms. The van der Waals surface area contributed by atoms with Crippen molar-refractivity contribution in [2.75, 3.05) is 16.8 Å². The molecular formula is C10H14FN3O2S. The summed E-state index contributed by atoms with van der Waals surface area (Å²) in [5.74, 6) is -0.0186. The van der Waals surface area contributed by atoms with Crippen LogP contribution in [-0.2, 0) is 9.84 Å². The quantitative estimate of drug-likeness (QED) is 0.854. The van der Waals surface area contributed by atoms with Crippen LogP contribution >= 0.6 is 0 Å². The number of halogens is 1. The third-order valence-corrected chi connectivity index (χ3v) is 4.57. The standard InChI is InChI=1S/C10H14FN3O2S/c1-7-9(11)10(13-6-12-7)14-8-2-4-17(15,16)5-3-8/h6,8H,2-5H2,1H3,(H,12,13,14). The first-order chi connectivity index (χ1) is 7.98. The van der Waals surface area contributed by atoms with Gasteiger partial charge < -0.3 is 5.32 Å². The molecule has 0 aromatic carbocycles. The molecule has 94 valence electrons. The number of anilines is 1. The summed E-state index contributed by atoms with van der Waals surface area (Å²) in [5, 5.41) is 2.94. The van der Waals surface area contributed by atoms with E-state index in [0.29, 0.717) is 12.8 Å².